The van der Waals surface area contributed by atoms with Crippen LogP contribution in [0.5, 0.6) is 0 Å². The van der Waals surface area contributed by atoms with Crippen LogP contribution in [0.15, 0.2) is 77.7 Å². The fraction of sp³-hybridized carbons (Fsp3) is 0.0476. The van der Waals surface area contributed by atoms with Crippen molar-refractivity contribution in [1.29, 1.82) is 0 Å². The summed E-state index contributed by atoms with van der Waals surface area (Å²) in [5.41, 5.74) is 1.89. The lowest BCUT2D eigenvalue weighted by Crippen LogP contribution is -2.27. The van der Waals surface area contributed by atoms with Crippen molar-refractivity contribution in [1.82, 2.24) is 4.90 Å². The number of carbonyl (C=O) groups excluding carboxylic acids is 2. The molecule has 2 amide bonds. The van der Waals surface area contributed by atoms with Gasteiger partial charge in [0.2, 0.25) is 0 Å². The van der Waals surface area contributed by atoms with E-state index in [9.17, 15) is 9.59 Å². The van der Waals surface area contributed by atoms with Crippen molar-refractivity contribution < 1.29 is 9.59 Å². The smallest absolute Gasteiger partial charge is 0.268 e. The van der Waals surface area contributed by atoms with Crippen molar-refractivity contribution >= 4 is 39.8 Å². The van der Waals surface area contributed by atoms with Gasteiger partial charge in [-0.2, -0.15) is 0 Å². The normalized spacial score (nSPS) is 16.2. The van der Waals surface area contributed by atoms with Gasteiger partial charge in [0.15, 0.2) is 0 Å². The molecular formula is C21H15NO2S. The minimum Gasteiger partial charge on any atom is -0.268 e. The van der Waals surface area contributed by atoms with Crippen molar-refractivity contribution in [3.8, 4) is 0 Å². The summed E-state index contributed by atoms with van der Waals surface area (Å²) in [6, 6.07) is 23.5. The summed E-state index contributed by atoms with van der Waals surface area (Å²) >= 11 is 1.000. The number of nitrogens with zero attached hydrogens (tertiary/aromatic N) is 1. The number of amides is 2. The van der Waals surface area contributed by atoms with Crippen molar-refractivity contribution in [3.63, 3.8) is 0 Å². The molecule has 3 nitrogen and oxygen atoms in total. The van der Waals surface area contributed by atoms with Crippen molar-refractivity contribution in [2.75, 3.05) is 0 Å². The average Bonchev–Trinajstić information content (AvgIpc) is 2.90. The first-order chi connectivity index (χ1) is 12.2. The SMILES string of the molecule is O=C1S/C(=C\c2ccccc2)C(=O)N1Cc1cccc2ccccc12. The lowest BCUT2D eigenvalue weighted by molar-refractivity contribution is -0.123. The molecule has 3 aromatic rings. The van der Waals surface area contributed by atoms with Gasteiger partial charge in [-0.3, -0.25) is 14.5 Å². The van der Waals surface area contributed by atoms with Crippen LogP contribution in [0.4, 0.5) is 4.79 Å². The summed E-state index contributed by atoms with van der Waals surface area (Å²) in [6.07, 6.45) is 1.77. The Hall–Kier alpha value is -2.85. The number of rotatable bonds is 3. The highest BCUT2D eigenvalue weighted by molar-refractivity contribution is 8.18. The molecule has 122 valence electrons. The maximum atomic E-state index is 12.7. The Labute approximate surface area is 150 Å². The second-order valence-electron chi connectivity index (χ2n) is 5.82. The minimum atomic E-state index is -0.230. The van der Waals surface area contributed by atoms with E-state index in [2.05, 4.69) is 0 Å². The third-order valence-electron chi connectivity index (χ3n) is 4.18. The zero-order chi connectivity index (χ0) is 17.2. The van der Waals surface area contributed by atoms with E-state index in [1.165, 1.54) is 4.90 Å². The van der Waals surface area contributed by atoms with E-state index in [-0.39, 0.29) is 17.7 Å². The van der Waals surface area contributed by atoms with Crippen LogP contribution >= 0.6 is 11.8 Å². The van der Waals surface area contributed by atoms with E-state index in [4.69, 9.17) is 0 Å². The molecule has 4 rings (SSSR count). The molecular weight excluding hydrogens is 330 g/mol. The molecule has 1 fully saturated rings. The van der Waals surface area contributed by atoms with Gasteiger partial charge in [-0.25, -0.2) is 0 Å². The third-order valence-corrected chi connectivity index (χ3v) is 5.09. The van der Waals surface area contributed by atoms with E-state index >= 15 is 0 Å². The Morgan fingerprint density at radius 2 is 1.56 bits per heavy atom. The van der Waals surface area contributed by atoms with E-state index in [1.54, 1.807) is 6.08 Å². The Balaban J connectivity index is 1.64. The fourth-order valence-electron chi connectivity index (χ4n) is 2.94. The molecule has 0 radical (unpaired) electrons. The predicted octanol–water partition coefficient (Wildman–Crippen LogP) is 5.08. The van der Waals surface area contributed by atoms with Crippen molar-refractivity contribution in [3.05, 3.63) is 88.8 Å². The number of hydrogen-bond donors (Lipinski definition) is 0. The second kappa shape index (κ2) is 6.57. The highest BCUT2D eigenvalue weighted by Gasteiger charge is 2.35. The molecule has 1 aliphatic rings. The molecule has 25 heavy (non-hydrogen) atoms. The first-order valence-corrected chi connectivity index (χ1v) is 8.81. The highest BCUT2D eigenvalue weighted by atomic mass is 32.2. The summed E-state index contributed by atoms with van der Waals surface area (Å²) in [4.78, 5) is 26.8. The van der Waals surface area contributed by atoms with Gasteiger partial charge in [-0.1, -0.05) is 72.8 Å². The molecule has 0 spiro atoms. The Morgan fingerprint density at radius 3 is 2.40 bits per heavy atom. The van der Waals surface area contributed by atoms with Crippen LogP contribution in [0.25, 0.3) is 16.8 Å². The van der Waals surface area contributed by atoms with Gasteiger partial charge < -0.3 is 0 Å². The van der Waals surface area contributed by atoms with Gasteiger partial charge in [0.25, 0.3) is 11.1 Å². The molecule has 4 heteroatoms. The summed E-state index contributed by atoms with van der Waals surface area (Å²) in [7, 11) is 0. The summed E-state index contributed by atoms with van der Waals surface area (Å²) in [5, 5.41) is 1.95. The number of hydrogen-bond acceptors (Lipinski definition) is 3. The van der Waals surface area contributed by atoms with E-state index < -0.39 is 0 Å². The molecule has 0 aromatic heterocycles. The van der Waals surface area contributed by atoms with Gasteiger partial charge in [-0.05, 0) is 39.7 Å². The molecule has 1 aliphatic heterocycles. The first kappa shape index (κ1) is 15.7. The number of benzene rings is 3. The Morgan fingerprint density at radius 1 is 0.840 bits per heavy atom. The lowest BCUT2D eigenvalue weighted by atomic mass is 10.0. The molecule has 0 N–H and O–H groups in total. The van der Waals surface area contributed by atoms with Crippen LogP contribution in [0, 0.1) is 0 Å². The molecule has 0 atom stereocenters. The summed E-state index contributed by atoms with van der Waals surface area (Å²) in [6.45, 7) is 0.290. The number of thioether (sulfide) groups is 1. The van der Waals surface area contributed by atoms with Crippen LogP contribution in [0.2, 0.25) is 0 Å². The molecule has 0 bridgehead atoms. The fourth-order valence-corrected chi connectivity index (χ4v) is 3.78. The van der Waals surface area contributed by atoms with Crippen molar-refractivity contribution in [2.24, 2.45) is 0 Å². The molecule has 0 saturated carbocycles. The van der Waals surface area contributed by atoms with Gasteiger partial charge in [0.05, 0.1) is 11.4 Å². The third kappa shape index (κ3) is 3.08. The monoisotopic (exact) mass is 345 g/mol. The number of imide groups is 1. The molecule has 1 saturated heterocycles. The van der Waals surface area contributed by atoms with Crippen molar-refractivity contribution in [2.45, 2.75) is 6.54 Å². The second-order valence-corrected chi connectivity index (χ2v) is 6.81. The zero-order valence-electron chi connectivity index (χ0n) is 13.4. The largest absolute Gasteiger partial charge is 0.293 e. The zero-order valence-corrected chi connectivity index (χ0v) is 14.2. The summed E-state index contributed by atoms with van der Waals surface area (Å²) in [5.74, 6) is -0.230. The molecule has 3 aromatic carbocycles. The number of carbonyl (C=O) groups is 2. The minimum absolute atomic E-state index is 0.222. The maximum Gasteiger partial charge on any atom is 0.293 e. The quantitative estimate of drug-likeness (QED) is 0.622. The Bertz CT molecular complexity index is 990. The molecule has 0 unspecified atom stereocenters. The highest BCUT2D eigenvalue weighted by Crippen LogP contribution is 2.34. The van der Waals surface area contributed by atoms with E-state index in [0.717, 1.165) is 33.7 Å². The van der Waals surface area contributed by atoms with Crippen LogP contribution in [-0.2, 0) is 11.3 Å². The molecule has 0 aliphatic carbocycles. The Kier molecular flexibility index (Phi) is 4.12. The topological polar surface area (TPSA) is 37.4 Å². The maximum absolute atomic E-state index is 12.7. The molecule has 1 heterocycles. The van der Waals surface area contributed by atoms with Gasteiger partial charge >= 0.3 is 0 Å². The first-order valence-electron chi connectivity index (χ1n) is 7.99. The standard InChI is InChI=1S/C21H15NO2S/c23-20-19(13-15-7-2-1-3-8-15)25-21(24)22(20)14-17-11-6-10-16-9-4-5-12-18(16)17/h1-13H,14H2/b19-13-. The van der Waals surface area contributed by atoms with Gasteiger partial charge in [-0.15, -0.1) is 0 Å². The van der Waals surface area contributed by atoms with Crippen LogP contribution in [-0.4, -0.2) is 16.0 Å². The predicted molar refractivity (Wildman–Crippen MR) is 102 cm³/mol. The average molecular weight is 345 g/mol. The van der Waals surface area contributed by atoms with Crippen LogP contribution in [0.1, 0.15) is 11.1 Å². The van der Waals surface area contributed by atoms with Crippen LogP contribution < -0.4 is 0 Å². The number of fused-ring (bicyclic) bond motifs is 1. The van der Waals surface area contributed by atoms with Crippen LogP contribution in [0.3, 0.4) is 0 Å². The lowest BCUT2D eigenvalue weighted by Gasteiger charge is -2.14. The van der Waals surface area contributed by atoms with Gasteiger partial charge in [0, 0.05) is 0 Å². The van der Waals surface area contributed by atoms with Gasteiger partial charge in [0.1, 0.15) is 0 Å². The summed E-state index contributed by atoms with van der Waals surface area (Å²) < 4.78 is 0. The van der Waals surface area contributed by atoms with E-state index in [1.807, 2.05) is 72.8 Å². The van der Waals surface area contributed by atoms with E-state index in [0.29, 0.717) is 4.91 Å².